The van der Waals surface area contributed by atoms with Crippen molar-refractivity contribution in [2.75, 3.05) is 6.54 Å². The van der Waals surface area contributed by atoms with Crippen LogP contribution in [0, 0.1) is 16.7 Å². The summed E-state index contributed by atoms with van der Waals surface area (Å²) in [4.78, 5) is 27.0. The number of nitriles is 1. The Bertz CT molecular complexity index is 935. The molecule has 1 unspecified atom stereocenters. The molecule has 26 heavy (non-hydrogen) atoms. The lowest BCUT2D eigenvalue weighted by Crippen LogP contribution is -2.39. The summed E-state index contributed by atoms with van der Waals surface area (Å²) in [6.07, 6.45) is 1.12. The topological polar surface area (TPSA) is 73.2 Å². The Morgan fingerprint density at radius 3 is 2.58 bits per heavy atom. The van der Waals surface area contributed by atoms with Crippen LogP contribution in [0.5, 0.6) is 0 Å². The van der Waals surface area contributed by atoms with Gasteiger partial charge in [-0.25, -0.2) is 0 Å². The first-order valence-electron chi connectivity index (χ1n) is 8.54. The van der Waals surface area contributed by atoms with E-state index in [4.69, 9.17) is 11.6 Å². The van der Waals surface area contributed by atoms with Gasteiger partial charge in [-0.3, -0.25) is 9.59 Å². The van der Waals surface area contributed by atoms with E-state index in [9.17, 15) is 14.9 Å². The molecule has 2 heterocycles. The molecule has 1 saturated heterocycles. The standard InChI is InChI=1S/C20H18ClN3O2/c1-20(2)7-14-18(15(25)8-20)17(11-3-5-12(21)6-4-11)13(9-22)19-23-16(26)10-24(14)19/h3-6,17H,7-8,10H2,1-2H3,(H,23,26). The van der Waals surface area contributed by atoms with Crippen LogP contribution in [0.2, 0.25) is 5.02 Å². The third-order valence-electron chi connectivity index (χ3n) is 5.21. The average molecular weight is 368 g/mol. The molecule has 1 N–H and O–H groups in total. The number of benzene rings is 1. The zero-order valence-corrected chi connectivity index (χ0v) is 15.4. The van der Waals surface area contributed by atoms with Gasteiger partial charge in [-0.1, -0.05) is 37.6 Å². The molecule has 2 aliphatic heterocycles. The minimum Gasteiger partial charge on any atom is -0.321 e. The van der Waals surface area contributed by atoms with E-state index in [0.29, 0.717) is 34.8 Å². The van der Waals surface area contributed by atoms with Crippen LogP contribution in [0.4, 0.5) is 0 Å². The number of Topliss-reactive ketones (excluding diaryl/α,β-unsaturated/α-hetero) is 1. The quantitative estimate of drug-likeness (QED) is 0.826. The fourth-order valence-electron chi connectivity index (χ4n) is 4.16. The van der Waals surface area contributed by atoms with Crippen molar-refractivity contribution in [3.05, 3.63) is 57.5 Å². The first-order chi connectivity index (χ1) is 12.3. The lowest BCUT2D eigenvalue weighted by molar-refractivity contribution is -0.120. The van der Waals surface area contributed by atoms with Crippen molar-refractivity contribution in [3.63, 3.8) is 0 Å². The van der Waals surface area contributed by atoms with E-state index >= 15 is 0 Å². The van der Waals surface area contributed by atoms with Crippen LogP contribution in [-0.2, 0) is 9.59 Å². The van der Waals surface area contributed by atoms with Gasteiger partial charge in [0.2, 0.25) is 5.91 Å². The van der Waals surface area contributed by atoms with Gasteiger partial charge >= 0.3 is 0 Å². The molecule has 0 saturated carbocycles. The van der Waals surface area contributed by atoms with Gasteiger partial charge in [-0.15, -0.1) is 0 Å². The predicted octanol–water partition coefficient (Wildman–Crippen LogP) is 3.25. The van der Waals surface area contributed by atoms with Crippen molar-refractivity contribution in [3.8, 4) is 6.07 Å². The summed E-state index contributed by atoms with van der Waals surface area (Å²) in [5, 5.41) is 13.3. The second-order valence-electron chi connectivity index (χ2n) is 7.79. The van der Waals surface area contributed by atoms with Crippen LogP contribution in [0.1, 0.15) is 38.2 Å². The summed E-state index contributed by atoms with van der Waals surface area (Å²) in [7, 11) is 0. The first-order valence-corrected chi connectivity index (χ1v) is 8.92. The van der Waals surface area contributed by atoms with E-state index in [0.717, 1.165) is 11.3 Å². The number of rotatable bonds is 1. The normalized spacial score (nSPS) is 24.2. The summed E-state index contributed by atoms with van der Waals surface area (Å²) in [6, 6.07) is 9.44. The van der Waals surface area contributed by atoms with Crippen LogP contribution < -0.4 is 5.32 Å². The van der Waals surface area contributed by atoms with Crippen LogP contribution >= 0.6 is 11.6 Å². The summed E-state index contributed by atoms with van der Waals surface area (Å²) in [5.74, 6) is -0.0725. The molecular formula is C20H18ClN3O2. The fourth-order valence-corrected chi connectivity index (χ4v) is 4.29. The Balaban J connectivity index is 1.96. The van der Waals surface area contributed by atoms with E-state index in [-0.39, 0.29) is 23.7 Å². The van der Waals surface area contributed by atoms with Crippen molar-refractivity contribution in [1.82, 2.24) is 10.2 Å². The third kappa shape index (κ3) is 2.53. The molecule has 6 heteroatoms. The summed E-state index contributed by atoms with van der Waals surface area (Å²) in [5.41, 5.74) is 2.56. The fraction of sp³-hybridized carbons (Fsp3) is 0.350. The van der Waals surface area contributed by atoms with Gasteiger partial charge in [0.05, 0.1) is 17.6 Å². The molecular weight excluding hydrogens is 350 g/mol. The maximum Gasteiger partial charge on any atom is 0.245 e. The number of amides is 1. The first kappa shape index (κ1) is 16.9. The molecule has 132 valence electrons. The van der Waals surface area contributed by atoms with Crippen molar-refractivity contribution in [2.24, 2.45) is 5.41 Å². The number of hydrogen-bond donors (Lipinski definition) is 1. The number of allylic oxidation sites excluding steroid dienone is 3. The number of hydrogen-bond acceptors (Lipinski definition) is 4. The Kier molecular flexibility index (Phi) is 3.71. The number of ketones is 1. The number of carbonyl (C=O) groups is 2. The second kappa shape index (κ2) is 5.72. The van der Waals surface area contributed by atoms with Crippen molar-refractivity contribution in [2.45, 2.75) is 32.6 Å². The highest BCUT2D eigenvalue weighted by Crippen LogP contribution is 2.50. The smallest absolute Gasteiger partial charge is 0.245 e. The predicted molar refractivity (Wildman–Crippen MR) is 96.7 cm³/mol. The van der Waals surface area contributed by atoms with Crippen LogP contribution in [0.3, 0.4) is 0 Å². The Labute approximate surface area is 156 Å². The number of halogens is 1. The SMILES string of the molecule is CC1(C)CC(=O)C2=C(C1)N1CC(=O)NC1=C(C#N)C2c1ccc(Cl)cc1. The monoisotopic (exact) mass is 367 g/mol. The summed E-state index contributed by atoms with van der Waals surface area (Å²) in [6.45, 7) is 4.26. The van der Waals surface area contributed by atoms with Crippen LogP contribution in [-0.4, -0.2) is 23.1 Å². The van der Waals surface area contributed by atoms with Gasteiger partial charge in [0.1, 0.15) is 12.4 Å². The van der Waals surface area contributed by atoms with Gasteiger partial charge in [0.25, 0.3) is 0 Å². The average Bonchev–Trinajstić information content (AvgIpc) is 2.95. The molecule has 1 aromatic carbocycles. The summed E-state index contributed by atoms with van der Waals surface area (Å²) < 4.78 is 0. The molecule has 4 rings (SSSR count). The third-order valence-corrected chi connectivity index (χ3v) is 5.46. The van der Waals surface area contributed by atoms with E-state index in [2.05, 4.69) is 25.2 Å². The minimum atomic E-state index is -0.472. The molecule has 0 radical (unpaired) electrons. The highest BCUT2D eigenvalue weighted by Gasteiger charge is 2.47. The highest BCUT2D eigenvalue weighted by atomic mass is 35.5. The maximum atomic E-state index is 13.1. The van der Waals surface area contributed by atoms with Crippen LogP contribution in [0.15, 0.2) is 46.9 Å². The Morgan fingerprint density at radius 2 is 1.92 bits per heavy atom. The molecule has 0 aromatic heterocycles. The zero-order valence-electron chi connectivity index (χ0n) is 14.6. The summed E-state index contributed by atoms with van der Waals surface area (Å²) >= 11 is 6.01. The Hall–Kier alpha value is -2.58. The lowest BCUT2D eigenvalue weighted by atomic mass is 9.69. The van der Waals surface area contributed by atoms with E-state index in [1.165, 1.54) is 0 Å². The van der Waals surface area contributed by atoms with Crippen molar-refractivity contribution < 1.29 is 9.59 Å². The second-order valence-corrected chi connectivity index (χ2v) is 8.23. The molecule has 3 aliphatic rings. The largest absolute Gasteiger partial charge is 0.321 e. The van der Waals surface area contributed by atoms with Gasteiger partial charge in [0.15, 0.2) is 5.78 Å². The number of nitrogens with zero attached hydrogens (tertiary/aromatic N) is 2. The van der Waals surface area contributed by atoms with Gasteiger partial charge < -0.3 is 10.2 Å². The number of fused-ring (bicyclic) bond motifs is 2. The molecule has 0 spiro atoms. The molecule has 1 amide bonds. The molecule has 0 bridgehead atoms. The van der Waals surface area contributed by atoms with Crippen molar-refractivity contribution >= 4 is 23.3 Å². The van der Waals surface area contributed by atoms with Crippen molar-refractivity contribution in [1.29, 1.82) is 5.26 Å². The highest BCUT2D eigenvalue weighted by molar-refractivity contribution is 6.30. The molecule has 1 fully saturated rings. The number of carbonyl (C=O) groups excluding carboxylic acids is 2. The molecule has 5 nitrogen and oxygen atoms in total. The molecule has 1 atom stereocenters. The minimum absolute atomic E-state index is 0.0438. The van der Waals surface area contributed by atoms with Gasteiger partial charge in [0, 0.05) is 22.7 Å². The number of nitrogens with one attached hydrogen (secondary N) is 1. The maximum absolute atomic E-state index is 13.1. The lowest BCUT2D eigenvalue weighted by Gasteiger charge is -2.41. The van der Waals surface area contributed by atoms with E-state index < -0.39 is 5.92 Å². The molecule has 1 aliphatic carbocycles. The van der Waals surface area contributed by atoms with E-state index in [1.807, 2.05) is 17.0 Å². The van der Waals surface area contributed by atoms with E-state index in [1.54, 1.807) is 12.1 Å². The molecule has 1 aromatic rings. The van der Waals surface area contributed by atoms with Crippen LogP contribution in [0.25, 0.3) is 0 Å². The zero-order chi connectivity index (χ0) is 18.6. The van der Waals surface area contributed by atoms with Gasteiger partial charge in [-0.2, -0.15) is 5.26 Å². The van der Waals surface area contributed by atoms with Gasteiger partial charge in [-0.05, 0) is 29.5 Å². The Morgan fingerprint density at radius 1 is 1.23 bits per heavy atom.